The summed E-state index contributed by atoms with van der Waals surface area (Å²) in [7, 11) is 0. The first-order chi connectivity index (χ1) is 24.8. The second-order valence-corrected chi connectivity index (χ2v) is 13.2. The number of hydrogen-bond donors (Lipinski definition) is 0. The fourth-order valence-electron chi connectivity index (χ4n) is 8.37. The summed E-state index contributed by atoms with van der Waals surface area (Å²) >= 11 is 0. The Morgan fingerprint density at radius 2 is 0.840 bits per heavy atom. The Morgan fingerprint density at radius 1 is 0.340 bits per heavy atom. The van der Waals surface area contributed by atoms with Crippen molar-refractivity contribution in [1.29, 1.82) is 0 Å². The molecule has 0 amide bonds. The number of furan rings is 1. The van der Waals surface area contributed by atoms with E-state index in [0.717, 1.165) is 22.6 Å². The molecule has 0 saturated heterocycles. The third-order valence-corrected chi connectivity index (χ3v) is 10.6. The van der Waals surface area contributed by atoms with Crippen LogP contribution in [-0.2, 0) is 5.41 Å². The topological polar surface area (TPSA) is 13.1 Å². The minimum atomic E-state index is -0.443. The molecular weight excluding hydrogens is 605 g/mol. The number of fused-ring (bicyclic) bond motifs is 5. The van der Waals surface area contributed by atoms with Crippen molar-refractivity contribution < 1.29 is 4.42 Å². The van der Waals surface area contributed by atoms with Crippen LogP contribution in [0.25, 0.3) is 66.4 Å². The van der Waals surface area contributed by atoms with Crippen LogP contribution in [0.1, 0.15) is 22.3 Å². The normalized spacial score (nSPS) is 13.0. The number of benzene rings is 8. The fourth-order valence-corrected chi connectivity index (χ4v) is 8.37. The van der Waals surface area contributed by atoms with Crippen LogP contribution in [0.5, 0.6) is 0 Å². The average Bonchev–Trinajstić information content (AvgIpc) is 3.80. The molecule has 234 valence electrons. The Balaban J connectivity index is 1.07. The predicted octanol–water partition coefficient (Wildman–Crippen LogP) is 13.0. The van der Waals surface area contributed by atoms with Gasteiger partial charge in [-0.05, 0) is 90.3 Å². The fraction of sp³-hybridized carbons (Fsp3) is 0.0204. The smallest absolute Gasteiger partial charge is 0.134 e. The van der Waals surface area contributed by atoms with Gasteiger partial charge in [0.25, 0.3) is 0 Å². The van der Waals surface area contributed by atoms with Crippen molar-refractivity contribution in [1.82, 2.24) is 0 Å². The predicted molar refractivity (Wildman–Crippen MR) is 207 cm³/mol. The van der Waals surface area contributed by atoms with Gasteiger partial charge >= 0.3 is 0 Å². The highest BCUT2D eigenvalue weighted by atomic mass is 16.3. The van der Waals surface area contributed by atoms with E-state index >= 15 is 0 Å². The van der Waals surface area contributed by atoms with Crippen LogP contribution in [-0.4, -0.2) is 0 Å². The molecule has 10 rings (SSSR count). The van der Waals surface area contributed by atoms with E-state index < -0.39 is 5.41 Å². The van der Waals surface area contributed by atoms with E-state index in [-0.39, 0.29) is 0 Å². The molecule has 0 saturated carbocycles. The van der Waals surface area contributed by atoms with Crippen LogP contribution in [0, 0.1) is 0 Å². The largest absolute Gasteiger partial charge is 0.456 e. The summed E-state index contributed by atoms with van der Waals surface area (Å²) in [5.41, 5.74) is 11.8. The van der Waals surface area contributed by atoms with Gasteiger partial charge in [0, 0.05) is 11.1 Å². The lowest BCUT2D eigenvalue weighted by Crippen LogP contribution is -2.28. The van der Waals surface area contributed by atoms with E-state index in [1.54, 1.807) is 0 Å². The Bertz CT molecular complexity index is 2590. The van der Waals surface area contributed by atoms with E-state index in [2.05, 4.69) is 194 Å². The highest BCUT2D eigenvalue weighted by Crippen LogP contribution is 2.56. The molecule has 8 aromatic carbocycles. The number of hydrogen-bond acceptors (Lipinski definition) is 1. The molecule has 1 aliphatic rings. The molecule has 1 heterocycles. The van der Waals surface area contributed by atoms with E-state index in [4.69, 9.17) is 4.42 Å². The molecule has 9 aromatic rings. The van der Waals surface area contributed by atoms with Gasteiger partial charge in [-0.3, -0.25) is 0 Å². The molecule has 0 bridgehead atoms. The highest BCUT2D eigenvalue weighted by molar-refractivity contribution is 6.12. The first-order valence-electron chi connectivity index (χ1n) is 17.3. The second-order valence-electron chi connectivity index (χ2n) is 13.2. The molecule has 1 nitrogen and oxygen atoms in total. The molecule has 1 aromatic heterocycles. The van der Waals surface area contributed by atoms with Crippen LogP contribution >= 0.6 is 0 Å². The summed E-state index contributed by atoms with van der Waals surface area (Å²) in [5, 5.41) is 5.03. The molecular formula is C49H32O. The van der Waals surface area contributed by atoms with Crippen molar-refractivity contribution in [2.45, 2.75) is 5.41 Å². The Kier molecular flexibility index (Phi) is 6.47. The van der Waals surface area contributed by atoms with Crippen molar-refractivity contribution in [3.63, 3.8) is 0 Å². The Hall–Kier alpha value is -6.44. The third-order valence-electron chi connectivity index (χ3n) is 10.6. The molecule has 0 fully saturated rings. The maximum atomic E-state index is 6.66. The molecule has 0 N–H and O–H groups in total. The summed E-state index contributed by atoms with van der Waals surface area (Å²) in [6, 6.07) is 70.2. The summed E-state index contributed by atoms with van der Waals surface area (Å²) in [4.78, 5) is 0. The Morgan fingerprint density at radius 3 is 1.50 bits per heavy atom. The van der Waals surface area contributed by atoms with Crippen LogP contribution in [0.2, 0.25) is 0 Å². The zero-order chi connectivity index (χ0) is 33.1. The summed E-state index contributed by atoms with van der Waals surface area (Å²) < 4.78 is 6.66. The van der Waals surface area contributed by atoms with Crippen molar-refractivity contribution in [3.8, 4) is 44.9 Å². The van der Waals surface area contributed by atoms with Gasteiger partial charge in [-0.15, -0.1) is 0 Å². The maximum absolute atomic E-state index is 6.66. The van der Waals surface area contributed by atoms with Gasteiger partial charge in [-0.25, -0.2) is 0 Å². The van der Waals surface area contributed by atoms with E-state index in [0.29, 0.717) is 0 Å². The molecule has 0 unspecified atom stereocenters. The molecule has 1 heteroatoms. The zero-order valence-corrected chi connectivity index (χ0v) is 27.4. The molecule has 0 radical (unpaired) electrons. The van der Waals surface area contributed by atoms with Crippen LogP contribution < -0.4 is 0 Å². The van der Waals surface area contributed by atoms with Crippen LogP contribution in [0.15, 0.2) is 199 Å². The lowest BCUT2D eigenvalue weighted by Gasteiger charge is -2.34. The molecule has 0 atom stereocenters. The lowest BCUT2D eigenvalue weighted by atomic mass is 9.67. The van der Waals surface area contributed by atoms with Gasteiger partial charge in [-0.2, -0.15) is 0 Å². The quantitative estimate of drug-likeness (QED) is 0.171. The second kappa shape index (κ2) is 11.3. The minimum Gasteiger partial charge on any atom is -0.456 e. The molecule has 1 aliphatic carbocycles. The van der Waals surface area contributed by atoms with Gasteiger partial charge in [0.2, 0.25) is 0 Å². The standard InChI is InChI=1S/C49H32O/c1-3-15-38(16-4-1)49(39-17-5-2-6-18-39)44-22-12-11-21-42(44)43-28-27-37(32-45(43)49)47-30-29-46(50-47)33-23-25-34(26-24-33)48-40-19-9-7-13-35(40)31-36-14-8-10-20-41(36)48/h1-32H. The van der Waals surface area contributed by atoms with Crippen LogP contribution in [0.4, 0.5) is 0 Å². The van der Waals surface area contributed by atoms with Crippen molar-refractivity contribution in [2.75, 3.05) is 0 Å². The molecule has 0 spiro atoms. The van der Waals surface area contributed by atoms with E-state index in [1.165, 1.54) is 66.1 Å². The summed E-state index contributed by atoms with van der Waals surface area (Å²) in [5.74, 6) is 1.72. The first-order valence-corrected chi connectivity index (χ1v) is 17.3. The third kappa shape index (κ3) is 4.27. The van der Waals surface area contributed by atoms with Gasteiger partial charge in [0.1, 0.15) is 11.5 Å². The summed E-state index contributed by atoms with van der Waals surface area (Å²) in [6.07, 6.45) is 0. The summed E-state index contributed by atoms with van der Waals surface area (Å²) in [6.45, 7) is 0. The average molecular weight is 637 g/mol. The van der Waals surface area contributed by atoms with E-state index in [9.17, 15) is 0 Å². The van der Waals surface area contributed by atoms with Crippen molar-refractivity contribution in [2.24, 2.45) is 0 Å². The van der Waals surface area contributed by atoms with Gasteiger partial charge in [0.05, 0.1) is 5.41 Å². The first kappa shape index (κ1) is 28.6. The highest BCUT2D eigenvalue weighted by Gasteiger charge is 2.46. The molecule has 0 aliphatic heterocycles. The zero-order valence-electron chi connectivity index (χ0n) is 27.4. The lowest BCUT2D eigenvalue weighted by molar-refractivity contribution is 0.597. The van der Waals surface area contributed by atoms with Gasteiger partial charge < -0.3 is 4.42 Å². The number of rotatable bonds is 5. The van der Waals surface area contributed by atoms with Gasteiger partial charge in [-0.1, -0.05) is 170 Å². The Labute approximate surface area is 291 Å². The van der Waals surface area contributed by atoms with Gasteiger partial charge in [0.15, 0.2) is 0 Å². The van der Waals surface area contributed by atoms with E-state index in [1.807, 2.05) is 0 Å². The van der Waals surface area contributed by atoms with Crippen molar-refractivity contribution >= 4 is 21.5 Å². The minimum absolute atomic E-state index is 0.443. The molecule has 50 heavy (non-hydrogen) atoms. The maximum Gasteiger partial charge on any atom is 0.134 e. The SMILES string of the molecule is c1ccc(C2(c3ccccc3)c3ccccc3-c3ccc(-c4ccc(-c5ccc(-c6c7ccccc7cc7ccccc67)cc5)o4)cc32)cc1. The van der Waals surface area contributed by atoms with Crippen LogP contribution in [0.3, 0.4) is 0 Å². The monoisotopic (exact) mass is 636 g/mol. The van der Waals surface area contributed by atoms with Crippen molar-refractivity contribution in [3.05, 3.63) is 216 Å².